The Labute approximate surface area is 214 Å². The first-order valence-electron chi connectivity index (χ1n) is 10.6. The molecule has 0 aromatic heterocycles. The maximum atomic E-state index is 12.3. The van der Waals surface area contributed by atoms with Gasteiger partial charge in [-0.1, -0.05) is 47.7 Å². The van der Waals surface area contributed by atoms with E-state index in [1.165, 1.54) is 16.7 Å². The number of hydrogen-bond acceptors (Lipinski definition) is 7. The van der Waals surface area contributed by atoms with Crippen molar-refractivity contribution in [1.82, 2.24) is 4.90 Å². The second-order valence-corrected chi connectivity index (χ2v) is 9.26. The highest BCUT2D eigenvalue weighted by atomic mass is 35.5. The predicted octanol–water partition coefficient (Wildman–Crippen LogP) is 5.76. The molecule has 1 aliphatic heterocycles. The summed E-state index contributed by atoms with van der Waals surface area (Å²) in [4.78, 5) is 14.3. The first-order valence-corrected chi connectivity index (χ1v) is 12.2. The van der Waals surface area contributed by atoms with Gasteiger partial charge in [-0.3, -0.25) is 9.69 Å². The molecule has 0 N–H and O–H groups in total. The van der Waals surface area contributed by atoms with E-state index in [0.717, 1.165) is 17.5 Å². The van der Waals surface area contributed by atoms with Crippen LogP contribution in [-0.4, -0.2) is 49.1 Å². The fourth-order valence-electron chi connectivity index (χ4n) is 3.19. The molecule has 6 nitrogen and oxygen atoms in total. The Balaban J connectivity index is 1.69. The van der Waals surface area contributed by atoms with Crippen LogP contribution in [0.1, 0.15) is 18.1 Å². The van der Waals surface area contributed by atoms with E-state index in [1.807, 2.05) is 31.2 Å². The van der Waals surface area contributed by atoms with E-state index in [0.29, 0.717) is 43.9 Å². The van der Waals surface area contributed by atoms with Gasteiger partial charge < -0.3 is 18.9 Å². The molecule has 180 valence electrons. The number of methoxy groups -OCH3 is 1. The van der Waals surface area contributed by atoms with E-state index in [9.17, 15) is 4.79 Å². The lowest BCUT2D eigenvalue weighted by Gasteiger charge is -2.16. The van der Waals surface area contributed by atoms with Crippen LogP contribution in [0, 0.1) is 0 Å². The number of thioether (sulfide) groups is 1. The number of ether oxygens (including phenoxy) is 4. The van der Waals surface area contributed by atoms with Crippen molar-refractivity contribution in [2.75, 3.05) is 34.0 Å². The third-order valence-electron chi connectivity index (χ3n) is 4.81. The lowest BCUT2D eigenvalue weighted by molar-refractivity contribution is -0.121. The van der Waals surface area contributed by atoms with Crippen LogP contribution in [0.5, 0.6) is 23.0 Å². The summed E-state index contributed by atoms with van der Waals surface area (Å²) in [6.07, 6.45) is 4.33. The SMILES string of the molecule is C=CCc1ccc(OCCOc2c(Cl)cc(/C=C3/SC(=S)N(C)C3=O)cc2OCC)c(OC)c1. The number of thiocarbonyl (C=S) groups is 1. The number of allylic oxidation sites excluding steroid dienone is 1. The van der Waals surface area contributed by atoms with Gasteiger partial charge in [0.2, 0.25) is 0 Å². The molecule has 0 unspecified atom stereocenters. The molecule has 9 heteroatoms. The fourth-order valence-corrected chi connectivity index (χ4v) is 4.64. The van der Waals surface area contributed by atoms with Crippen LogP contribution in [0.4, 0.5) is 0 Å². The molecule has 1 amide bonds. The largest absolute Gasteiger partial charge is 0.493 e. The number of halogens is 1. The van der Waals surface area contributed by atoms with Crippen molar-refractivity contribution in [3.05, 3.63) is 64.0 Å². The highest BCUT2D eigenvalue weighted by Gasteiger charge is 2.28. The summed E-state index contributed by atoms with van der Waals surface area (Å²) in [6.45, 7) is 6.58. The van der Waals surface area contributed by atoms with Crippen LogP contribution in [-0.2, 0) is 11.2 Å². The number of likely N-dealkylation sites (N-methyl/N-ethyl adjacent to an activating group) is 1. The molecule has 0 aliphatic carbocycles. The second kappa shape index (κ2) is 12.1. The van der Waals surface area contributed by atoms with Crippen LogP contribution < -0.4 is 18.9 Å². The highest BCUT2D eigenvalue weighted by Crippen LogP contribution is 2.39. The van der Waals surface area contributed by atoms with Gasteiger partial charge in [-0.15, -0.1) is 6.58 Å². The minimum absolute atomic E-state index is 0.144. The van der Waals surface area contributed by atoms with Gasteiger partial charge in [-0.05, 0) is 54.8 Å². The summed E-state index contributed by atoms with van der Waals surface area (Å²) in [5.41, 5.74) is 1.81. The van der Waals surface area contributed by atoms with Gasteiger partial charge in [0.25, 0.3) is 5.91 Å². The van der Waals surface area contributed by atoms with E-state index in [-0.39, 0.29) is 19.1 Å². The molecule has 34 heavy (non-hydrogen) atoms. The Morgan fingerprint density at radius 3 is 2.53 bits per heavy atom. The first-order chi connectivity index (χ1) is 16.4. The number of carbonyl (C=O) groups excluding carboxylic acids is 1. The molecule has 0 atom stereocenters. The van der Waals surface area contributed by atoms with Crippen LogP contribution in [0.2, 0.25) is 5.02 Å². The molecule has 1 aliphatic rings. The van der Waals surface area contributed by atoms with Gasteiger partial charge in [0.15, 0.2) is 23.0 Å². The zero-order valence-corrected chi connectivity index (χ0v) is 21.6. The number of nitrogens with zero attached hydrogens (tertiary/aromatic N) is 1. The average molecular weight is 520 g/mol. The lowest BCUT2D eigenvalue weighted by atomic mass is 10.1. The Bertz CT molecular complexity index is 1120. The summed E-state index contributed by atoms with van der Waals surface area (Å²) in [6, 6.07) is 9.27. The van der Waals surface area contributed by atoms with Crippen molar-refractivity contribution in [1.29, 1.82) is 0 Å². The van der Waals surface area contributed by atoms with Crippen molar-refractivity contribution >= 4 is 51.9 Å². The first kappa shape index (κ1) is 25.9. The van der Waals surface area contributed by atoms with Crippen molar-refractivity contribution in [3.8, 4) is 23.0 Å². The Morgan fingerprint density at radius 2 is 1.88 bits per heavy atom. The van der Waals surface area contributed by atoms with Crippen molar-refractivity contribution in [2.24, 2.45) is 0 Å². The number of rotatable bonds is 11. The summed E-state index contributed by atoms with van der Waals surface area (Å²) >= 11 is 12.9. The van der Waals surface area contributed by atoms with Gasteiger partial charge in [0.1, 0.15) is 17.5 Å². The third kappa shape index (κ3) is 6.25. The Kier molecular flexibility index (Phi) is 9.27. The predicted molar refractivity (Wildman–Crippen MR) is 141 cm³/mol. The quantitative estimate of drug-likeness (QED) is 0.162. The van der Waals surface area contributed by atoms with Crippen LogP contribution in [0.3, 0.4) is 0 Å². The number of hydrogen-bond donors (Lipinski definition) is 0. The van der Waals surface area contributed by atoms with Crippen molar-refractivity contribution in [3.63, 3.8) is 0 Å². The second-order valence-electron chi connectivity index (χ2n) is 7.18. The molecule has 1 fully saturated rings. The molecule has 2 aromatic carbocycles. The number of amides is 1. The van der Waals surface area contributed by atoms with Crippen molar-refractivity contribution < 1.29 is 23.7 Å². The summed E-state index contributed by atoms with van der Waals surface area (Å²) in [5.74, 6) is 2.03. The number of benzene rings is 2. The smallest absolute Gasteiger partial charge is 0.265 e. The van der Waals surface area contributed by atoms with Gasteiger partial charge in [0, 0.05) is 7.05 Å². The van der Waals surface area contributed by atoms with Gasteiger partial charge in [0.05, 0.1) is 23.6 Å². The molecule has 2 aromatic rings. The lowest BCUT2D eigenvalue weighted by Crippen LogP contribution is -2.22. The fraction of sp³-hybridized carbons (Fsp3) is 0.280. The number of carbonyl (C=O) groups is 1. The van der Waals surface area contributed by atoms with E-state index in [4.69, 9.17) is 42.8 Å². The van der Waals surface area contributed by atoms with Gasteiger partial charge in [-0.2, -0.15) is 0 Å². The average Bonchev–Trinajstić information content (AvgIpc) is 3.05. The maximum absolute atomic E-state index is 12.3. The topological polar surface area (TPSA) is 57.2 Å². The molecule has 0 saturated carbocycles. The normalized spacial score (nSPS) is 14.5. The van der Waals surface area contributed by atoms with Crippen LogP contribution in [0.15, 0.2) is 47.9 Å². The van der Waals surface area contributed by atoms with E-state index < -0.39 is 0 Å². The molecular weight excluding hydrogens is 494 g/mol. The summed E-state index contributed by atoms with van der Waals surface area (Å²) < 4.78 is 23.4. The zero-order valence-electron chi connectivity index (χ0n) is 19.3. The Morgan fingerprint density at radius 1 is 1.12 bits per heavy atom. The zero-order chi connectivity index (χ0) is 24.7. The summed E-state index contributed by atoms with van der Waals surface area (Å²) in [7, 11) is 3.26. The van der Waals surface area contributed by atoms with E-state index >= 15 is 0 Å². The Hall–Kier alpha value is -2.68. The molecule has 0 spiro atoms. The highest BCUT2D eigenvalue weighted by molar-refractivity contribution is 8.26. The molecule has 0 radical (unpaired) electrons. The molecular formula is C25H26ClNO5S2. The third-order valence-corrected chi connectivity index (χ3v) is 6.58. The monoisotopic (exact) mass is 519 g/mol. The minimum atomic E-state index is -0.144. The van der Waals surface area contributed by atoms with Crippen LogP contribution in [0.25, 0.3) is 6.08 Å². The van der Waals surface area contributed by atoms with E-state index in [1.54, 1.807) is 32.4 Å². The molecule has 3 rings (SSSR count). The van der Waals surface area contributed by atoms with Gasteiger partial charge in [-0.25, -0.2) is 0 Å². The molecule has 1 heterocycles. The van der Waals surface area contributed by atoms with Crippen molar-refractivity contribution in [2.45, 2.75) is 13.3 Å². The van der Waals surface area contributed by atoms with Gasteiger partial charge >= 0.3 is 0 Å². The molecule has 0 bridgehead atoms. The minimum Gasteiger partial charge on any atom is -0.493 e. The van der Waals surface area contributed by atoms with E-state index in [2.05, 4.69) is 6.58 Å². The molecule has 1 saturated heterocycles. The summed E-state index contributed by atoms with van der Waals surface area (Å²) in [5, 5.41) is 0.371. The maximum Gasteiger partial charge on any atom is 0.265 e. The standard InChI is InChI=1S/C25H26ClNO5S2/c1-5-7-16-8-9-19(20(13-16)29-4)31-10-11-32-23-18(26)12-17(14-21(23)30-6-2)15-22-24(28)27(3)25(33)34-22/h5,8-9,12-15H,1,6-7,10-11H2,2-4H3/b22-15+. The van der Waals surface area contributed by atoms with Crippen LogP contribution >= 0.6 is 35.6 Å².